The largest absolute Gasteiger partial charge is 0.454 e. The van der Waals surface area contributed by atoms with Gasteiger partial charge < -0.3 is 14.8 Å². The van der Waals surface area contributed by atoms with Crippen LogP contribution in [0.15, 0.2) is 30.3 Å². The predicted molar refractivity (Wildman–Crippen MR) is 76.3 cm³/mol. The van der Waals surface area contributed by atoms with E-state index in [1.807, 2.05) is 18.2 Å². The molecule has 3 nitrogen and oxygen atoms in total. The van der Waals surface area contributed by atoms with Crippen LogP contribution in [0.2, 0.25) is 10.0 Å². The van der Waals surface area contributed by atoms with Gasteiger partial charge in [-0.3, -0.25) is 0 Å². The Kier molecular flexibility index (Phi) is 3.59. The Morgan fingerprint density at radius 2 is 1.75 bits per heavy atom. The lowest BCUT2D eigenvalue weighted by atomic mass is 10.2. The molecule has 1 aliphatic rings. The molecule has 0 saturated heterocycles. The first-order valence-electron chi connectivity index (χ1n) is 5.90. The molecule has 0 unspecified atom stereocenters. The average molecular weight is 314 g/mol. The first-order chi connectivity index (χ1) is 9.63. The minimum Gasteiger partial charge on any atom is -0.454 e. The Hall–Kier alpha value is -1.65. The van der Waals surface area contributed by atoms with E-state index >= 15 is 0 Å². The topological polar surface area (TPSA) is 30.5 Å². The van der Waals surface area contributed by atoms with Gasteiger partial charge in [-0.25, -0.2) is 4.39 Å². The molecule has 0 radical (unpaired) electrons. The van der Waals surface area contributed by atoms with Gasteiger partial charge in [0, 0.05) is 12.2 Å². The van der Waals surface area contributed by atoms with E-state index in [0.717, 1.165) is 17.1 Å². The molecule has 3 rings (SSSR count). The van der Waals surface area contributed by atoms with Crippen molar-refractivity contribution in [3.8, 4) is 11.5 Å². The molecule has 2 aromatic carbocycles. The van der Waals surface area contributed by atoms with Crippen molar-refractivity contribution in [3.63, 3.8) is 0 Å². The van der Waals surface area contributed by atoms with E-state index in [9.17, 15) is 4.39 Å². The van der Waals surface area contributed by atoms with Crippen molar-refractivity contribution in [1.29, 1.82) is 0 Å². The normalized spacial score (nSPS) is 12.6. The highest BCUT2D eigenvalue weighted by Gasteiger charge is 2.13. The van der Waals surface area contributed by atoms with E-state index in [1.54, 1.807) is 0 Å². The number of rotatable bonds is 3. The van der Waals surface area contributed by atoms with Crippen LogP contribution >= 0.6 is 23.2 Å². The summed E-state index contributed by atoms with van der Waals surface area (Å²) in [5.74, 6) is 0.850. The van der Waals surface area contributed by atoms with E-state index in [2.05, 4.69) is 5.32 Å². The summed E-state index contributed by atoms with van der Waals surface area (Å²) in [6, 6.07) is 8.66. The van der Waals surface area contributed by atoms with Gasteiger partial charge in [-0.1, -0.05) is 29.3 Å². The maximum atomic E-state index is 13.3. The molecule has 2 aromatic rings. The zero-order chi connectivity index (χ0) is 14.1. The number of halogens is 3. The lowest BCUT2D eigenvalue weighted by molar-refractivity contribution is 0.174. The Bertz CT molecular complexity index is 641. The molecule has 1 aliphatic heterocycles. The highest BCUT2D eigenvalue weighted by Crippen LogP contribution is 2.33. The minimum absolute atomic E-state index is 0.00862. The van der Waals surface area contributed by atoms with Crippen molar-refractivity contribution in [2.45, 2.75) is 6.54 Å². The first-order valence-corrected chi connectivity index (χ1v) is 6.66. The van der Waals surface area contributed by atoms with Crippen molar-refractivity contribution in [2.24, 2.45) is 0 Å². The van der Waals surface area contributed by atoms with Crippen LogP contribution < -0.4 is 14.8 Å². The maximum absolute atomic E-state index is 13.3. The summed E-state index contributed by atoms with van der Waals surface area (Å²) in [5.41, 5.74) is 1.66. The van der Waals surface area contributed by atoms with Crippen molar-refractivity contribution in [3.05, 3.63) is 51.8 Å². The maximum Gasteiger partial charge on any atom is 0.231 e. The molecule has 0 bridgehead atoms. The number of ether oxygens (including phenoxy) is 2. The zero-order valence-corrected chi connectivity index (χ0v) is 11.8. The summed E-state index contributed by atoms with van der Waals surface area (Å²) in [4.78, 5) is 0. The fourth-order valence-electron chi connectivity index (χ4n) is 1.91. The monoisotopic (exact) mass is 313 g/mol. The van der Waals surface area contributed by atoms with Crippen molar-refractivity contribution in [1.82, 2.24) is 0 Å². The second-order valence-corrected chi connectivity index (χ2v) is 5.11. The van der Waals surface area contributed by atoms with Crippen molar-refractivity contribution < 1.29 is 13.9 Å². The molecule has 0 aliphatic carbocycles. The second-order valence-electron chi connectivity index (χ2n) is 4.30. The van der Waals surface area contributed by atoms with Gasteiger partial charge in [0.05, 0.1) is 10.0 Å². The molecule has 0 amide bonds. The number of hydrogen-bond donors (Lipinski definition) is 1. The third kappa shape index (κ3) is 2.62. The van der Waals surface area contributed by atoms with Gasteiger partial charge in [0.1, 0.15) is 0 Å². The van der Waals surface area contributed by atoms with Gasteiger partial charge in [0.2, 0.25) is 6.79 Å². The van der Waals surface area contributed by atoms with Gasteiger partial charge >= 0.3 is 0 Å². The lowest BCUT2D eigenvalue weighted by Gasteiger charge is -2.09. The SMILES string of the molecule is Fc1c(Cl)cc(NCc2ccc3c(c2)OCO3)cc1Cl. The fraction of sp³-hybridized carbons (Fsp3) is 0.143. The summed E-state index contributed by atoms with van der Waals surface area (Å²) in [5, 5.41) is 3.11. The summed E-state index contributed by atoms with van der Waals surface area (Å²) in [6.45, 7) is 0.782. The standard InChI is InChI=1S/C14H10Cl2FNO2/c15-10-4-9(5-11(16)14(10)17)18-6-8-1-2-12-13(3-8)20-7-19-12/h1-5,18H,6-7H2. The molecule has 0 fully saturated rings. The van der Waals surface area contributed by atoms with Crippen LogP contribution in [-0.4, -0.2) is 6.79 Å². The van der Waals surface area contributed by atoms with Crippen LogP contribution in [-0.2, 0) is 6.54 Å². The molecule has 0 aromatic heterocycles. The number of fused-ring (bicyclic) bond motifs is 1. The molecule has 0 atom stereocenters. The molecular formula is C14H10Cl2FNO2. The van der Waals surface area contributed by atoms with Crippen LogP contribution in [0.25, 0.3) is 0 Å². The highest BCUT2D eigenvalue weighted by molar-refractivity contribution is 6.35. The van der Waals surface area contributed by atoms with Gasteiger partial charge in [0.25, 0.3) is 0 Å². The van der Waals surface area contributed by atoms with E-state index in [0.29, 0.717) is 12.2 Å². The van der Waals surface area contributed by atoms with Gasteiger partial charge in [0.15, 0.2) is 17.3 Å². The van der Waals surface area contributed by atoms with Crippen LogP contribution in [0.4, 0.5) is 10.1 Å². The molecule has 6 heteroatoms. The van der Waals surface area contributed by atoms with E-state index in [4.69, 9.17) is 32.7 Å². The van der Waals surface area contributed by atoms with E-state index < -0.39 is 5.82 Å². The predicted octanol–water partition coefficient (Wildman–Crippen LogP) is 4.47. The van der Waals surface area contributed by atoms with Crippen LogP contribution in [0.3, 0.4) is 0 Å². The molecule has 20 heavy (non-hydrogen) atoms. The third-order valence-electron chi connectivity index (χ3n) is 2.92. The third-order valence-corrected chi connectivity index (χ3v) is 3.47. The summed E-state index contributed by atoms with van der Waals surface area (Å²) < 4.78 is 23.8. The molecule has 0 spiro atoms. The minimum atomic E-state index is -0.609. The number of anilines is 1. The fourth-order valence-corrected chi connectivity index (χ4v) is 2.40. The van der Waals surface area contributed by atoms with Crippen molar-refractivity contribution in [2.75, 3.05) is 12.1 Å². The summed E-state index contributed by atoms with van der Waals surface area (Å²) in [7, 11) is 0. The van der Waals surface area contributed by atoms with Gasteiger partial charge in [-0.05, 0) is 29.8 Å². The molecule has 1 heterocycles. The summed E-state index contributed by atoms with van der Waals surface area (Å²) >= 11 is 11.5. The molecule has 0 saturated carbocycles. The summed E-state index contributed by atoms with van der Waals surface area (Å²) in [6.07, 6.45) is 0. The lowest BCUT2D eigenvalue weighted by Crippen LogP contribution is -2.00. The Morgan fingerprint density at radius 1 is 1.05 bits per heavy atom. The zero-order valence-electron chi connectivity index (χ0n) is 10.3. The van der Waals surface area contributed by atoms with Crippen molar-refractivity contribution >= 4 is 28.9 Å². The number of hydrogen-bond acceptors (Lipinski definition) is 3. The molecule has 1 N–H and O–H groups in total. The molecular weight excluding hydrogens is 304 g/mol. The van der Waals surface area contributed by atoms with E-state index in [-0.39, 0.29) is 16.8 Å². The second kappa shape index (κ2) is 5.38. The molecule has 104 valence electrons. The Labute approximate surface area is 125 Å². The number of benzene rings is 2. The van der Waals surface area contributed by atoms with Crippen LogP contribution in [0, 0.1) is 5.82 Å². The van der Waals surface area contributed by atoms with Crippen LogP contribution in [0.1, 0.15) is 5.56 Å². The quantitative estimate of drug-likeness (QED) is 0.848. The Morgan fingerprint density at radius 3 is 2.50 bits per heavy atom. The van der Waals surface area contributed by atoms with E-state index in [1.165, 1.54) is 12.1 Å². The van der Waals surface area contributed by atoms with Crippen LogP contribution in [0.5, 0.6) is 11.5 Å². The highest BCUT2D eigenvalue weighted by atomic mass is 35.5. The van der Waals surface area contributed by atoms with Gasteiger partial charge in [-0.2, -0.15) is 0 Å². The smallest absolute Gasteiger partial charge is 0.231 e. The first kappa shape index (κ1) is 13.3. The Balaban J connectivity index is 1.73. The average Bonchev–Trinajstić information content (AvgIpc) is 2.89. The van der Waals surface area contributed by atoms with Gasteiger partial charge in [-0.15, -0.1) is 0 Å². The number of nitrogens with one attached hydrogen (secondary N) is 1.